The molecule has 3 fully saturated rings. The predicted molar refractivity (Wildman–Crippen MR) is 58.5 cm³/mol. The van der Waals surface area contributed by atoms with Gasteiger partial charge in [0.1, 0.15) is 0 Å². The van der Waals surface area contributed by atoms with Gasteiger partial charge in [-0.2, -0.15) is 0 Å². The molecule has 0 aromatic carbocycles. The van der Waals surface area contributed by atoms with Crippen molar-refractivity contribution in [3.8, 4) is 0 Å². The van der Waals surface area contributed by atoms with Gasteiger partial charge in [0, 0.05) is 5.92 Å². The first kappa shape index (κ1) is 9.71. The molecule has 1 aliphatic carbocycles. The highest BCUT2D eigenvalue weighted by Crippen LogP contribution is 2.38. The maximum atomic E-state index is 5.81. The molecule has 3 aliphatic rings. The highest BCUT2D eigenvalue weighted by molar-refractivity contribution is 5.02. The van der Waals surface area contributed by atoms with Gasteiger partial charge in [-0.15, -0.1) is 0 Å². The first-order valence-corrected chi connectivity index (χ1v) is 6.37. The molecule has 3 atom stereocenters. The summed E-state index contributed by atoms with van der Waals surface area (Å²) >= 11 is 0. The van der Waals surface area contributed by atoms with E-state index in [1.165, 1.54) is 50.5 Å². The van der Waals surface area contributed by atoms with Gasteiger partial charge < -0.3 is 9.47 Å². The van der Waals surface area contributed by atoms with Crippen molar-refractivity contribution in [1.82, 2.24) is 0 Å². The van der Waals surface area contributed by atoms with Gasteiger partial charge in [-0.3, -0.25) is 0 Å². The number of hydrogen-bond acceptors (Lipinski definition) is 2. The molecule has 0 aromatic rings. The summed E-state index contributed by atoms with van der Waals surface area (Å²) in [6.45, 7) is 0.880. The van der Waals surface area contributed by atoms with Gasteiger partial charge in [-0.25, -0.2) is 0 Å². The SMILES string of the molecule is C(OCC1CC2CCC1O2)=C1CCCC1. The molecular formula is C13H20O2. The molecule has 84 valence electrons. The van der Waals surface area contributed by atoms with E-state index >= 15 is 0 Å². The third kappa shape index (κ3) is 2.05. The number of rotatable bonds is 3. The lowest BCUT2D eigenvalue weighted by atomic mass is 9.90. The van der Waals surface area contributed by atoms with Gasteiger partial charge in [0.25, 0.3) is 0 Å². The van der Waals surface area contributed by atoms with E-state index in [-0.39, 0.29) is 0 Å². The van der Waals surface area contributed by atoms with Crippen LogP contribution in [0.3, 0.4) is 0 Å². The lowest BCUT2D eigenvalue weighted by Crippen LogP contribution is -2.20. The fraction of sp³-hybridized carbons (Fsp3) is 0.846. The zero-order valence-corrected chi connectivity index (χ0v) is 9.28. The molecule has 2 saturated heterocycles. The van der Waals surface area contributed by atoms with E-state index in [9.17, 15) is 0 Å². The third-order valence-corrected chi connectivity index (χ3v) is 4.04. The molecule has 0 aromatic heterocycles. The van der Waals surface area contributed by atoms with Gasteiger partial charge in [0.05, 0.1) is 25.1 Å². The van der Waals surface area contributed by atoms with E-state index in [1.807, 2.05) is 6.26 Å². The second-order valence-corrected chi connectivity index (χ2v) is 5.19. The van der Waals surface area contributed by atoms with Crippen LogP contribution in [0.5, 0.6) is 0 Å². The summed E-state index contributed by atoms with van der Waals surface area (Å²) in [6.07, 6.45) is 12.1. The molecule has 3 unspecified atom stereocenters. The number of fused-ring (bicyclic) bond motifs is 2. The van der Waals surface area contributed by atoms with Crippen LogP contribution < -0.4 is 0 Å². The molecule has 3 rings (SSSR count). The smallest absolute Gasteiger partial charge is 0.0927 e. The molecule has 0 N–H and O–H groups in total. The van der Waals surface area contributed by atoms with Crippen LogP contribution in [0.15, 0.2) is 11.8 Å². The Kier molecular flexibility index (Phi) is 2.70. The standard InChI is InChI=1S/C13H20O2/c1-2-4-10(3-1)8-14-9-11-7-12-5-6-13(11)15-12/h8,11-13H,1-7,9H2. The van der Waals surface area contributed by atoms with Crippen molar-refractivity contribution in [2.24, 2.45) is 5.92 Å². The van der Waals surface area contributed by atoms with E-state index in [1.54, 1.807) is 0 Å². The maximum Gasteiger partial charge on any atom is 0.0927 e. The Morgan fingerprint density at radius 1 is 1.27 bits per heavy atom. The van der Waals surface area contributed by atoms with E-state index in [0.29, 0.717) is 18.1 Å². The monoisotopic (exact) mass is 208 g/mol. The summed E-state index contributed by atoms with van der Waals surface area (Å²) in [5.41, 5.74) is 1.51. The highest BCUT2D eigenvalue weighted by atomic mass is 16.5. The predicted octanol–water partition coefficient (Wildman–Crippen LogP) is 3.03. The van der Waals surface area contributed by atoms with Gasteiger partial charge in [0.15, 0.2) is 0 Å². The minimum atomic E-state index is 0.511. The Bertz CT molecular complexity index is 251. The average molecular weight is 208 g/mol. The summed E-state index contributed by atoms with van der Waals surface area (Å²) in [7, 11) is 0. The van der Waals surface area contributed by atoms with Crippen LogP contribution >= 0.6 is 0 Å². The van der Waals surface area contributed by atoms with Gasteiger partial charge in [-0.05, 0) is 50.5 Å². The molecule has 2 bridgehead atoms. The van der Waals surface area contributed by atoms with Crippen molar-refractivity contribution in [1.29, 1.82) is 0 Å². The first-order valence-electron chi connectivity index (χ1n) is 6.37. The molecule has 1 saturated carbocycles. The average Bonchev–Trinajstić information content (AvgIpc) is 2.93. The normalized spacial score (nSPS) is 38.7. The van der Waals surface area contributed by atoms with E-state index in [0.717, 1.165) is 6.61 Å². The van der Waals surface area contributed by atoms with Crippen LogP contribution in [0.25, 0.3) is 0 Å². The van der Waals surface area contributed by atoms with Crippen LogP contribution in [0.4, 0.5) is 0 Å². The minimum absolute atomic E-state index is 0.511. The zero-order chi connectivity index (χ0) is 10.1. The van der Waals surface area contributed by atoms with Crippen molar-refractivity contribution >= 4 is 0 Å². The quantitative estimate of drug-likeness (QED) is 0.664. The molecule has 2 aliphatic heterocycles. The molecule has 15 heavy (non-hydrogen) atoms. The molecule has 2 heteroatoms. The van der Waals surface area contributed by atoms with Crippen molar-refractivity contribution in [3.05, 3.63) is 11.8 Å². The van der Waals surface area contributed by atoms with E-state index in [4.69, 9.17) is 9.47 Å². The van der Waals surface area contributed by atoms with E-state index < -0.39 is 0 Å². The summed E-state index contributed by atoms with van der Waals surface area (Å²) < 4.78 is 11.5. The van der Waals surface area contributed by atoms with Crippen molar-refractivity contribution < 1.29 is 9.47 Å². The Hall–Kier alpha value is -0.500. The zero-order valence-electron chi connectivity index (χ0n) is 9.28. The number of ether oxygens (including phenoxy) is 2. The number of allylic oxidation sites excluding steroid dienone is 1. The number of hydrogen-bond donors (Lipinski definition) is 0. The van der Waals surface area contributed by atoms with Gasteiger partial charge in [-0.1, -0.05) is 0 Å². The summed E-state index contributed by atoms with van der Waals surface area (Å²) in [5.74, 6) is 0.669. The Morgan fingerprint density at radius 3 is 2.80 bits per heavy atom. The molecular weight excluding hydrogens is 188 g/mol. The van der Waals surface area contributed by atoms with Crippen LogP contribution in [-0.2, 0) is 9.47 Å². The fourth-order valence-electron chi connectivity index (χ4n) is 3.16. The molecule has 0 radical (unpaired) electrons. The molecule has 0 amide bonds. The highest BCUT2D eigenvalue weighted by Gasteiger charge is 2.40. The topological polar surface area (TPSA) is 18.5 Å². The van der Waals surface area contributed by atoms with Crippen LogP contribution in [0.1, 0.15) is 44.9 Å². The second kappa shape index (κ2) is 4.17. The van der Waals surface area contributed by atoms with Crippen molar-refractivity contribution in [2.45, 2.75) is 57.2 Å². The summed E-state index contributed by atoms with van der Waals surface area (Å²) in [6, 6.07) is 0. The fourth-order valence-corrected chi connectivity index (χ4v) is 3.16. The van der Waals surface area contributed by atoms with Crippen molar-refractivity contribution in [3.63, 3.8) is 0 Å². The Labute approximate surface area is 91.6 Å². The maximum absolute atomic E-state index is 5.81. The summed E-state index contributed by atoms with van der Waals surface area (Å²) in [5, 5.41) is 0. The van der Waals surface area contributed by atoms with Gasteiger partial charge >= 0.3 is 0 Å². The lowest BCUT2D eigenvalue weighted by molar-refractivity contribution is 0.0759. The Morgan fingerprint density at radius 2 is 2.13 bits per heavy atom. The third-order valence-electron chi connectivity index (χ3n) is 4.04. The lowest BCUT2D eigenvalue weighted by Gasteiger charge is -2.17. The molecule has 2 heterocycles. The van der Waals surface area contributed by atoms with Crippen LogP contribution in [-0.4, -0.2) is 18.8 Å². The van der Waals surface area contributed by atoms with E-state index in [2.05, 4.69) is 0 Å². The van der Waals surface area contributed by atoms with Crippen LogP contribution in [0.2, 0.25) is 0 Å². The Balaban J connectivity index is 1.44. The minimum Gasteiger partial charge on any atom is -0.501 e. The van der Waals surface area contributed by atoms with Crippen LogP contribution in [0, 0.1) is 5.92 Å². The molecule has 2 nitrogen and oxygen atoms in total. The largest absolute Gasteiger partial charge is 0.501 e. The van der Waals surface area contributed by atoms with Crippen molar-refractivity contribution in [2.75, 3.05) is 6.61 Å². The van der Waals surface area contributed by atoms with Gasteiger partial charge in [0.2, 0.25) is 0 Å². The summed E-state index contributed by atoms with van der Waals surface area (Å²) in [4.78, 5) is 0. The first-order chi connectivity index (χ1) is 7.42. The second-order valence-electron chi connectivity index (χ2n) is 5.19. The molecule has 0 spiro atoms.